The van der Waals surface area contributed by atoms with Crippen molar-refractivity contribution in [2.75, 3.05) is 20.8 Å². The first-order valence-electron chi connectivity index (χ1n) is 2.86. The lowest BCUT2D eigenvalue weighted by Gasteiger charge is -1.96. The molecule has 0 aliphatic rings. The van der Waals surface area contributed by atoms with Gasteiger partial charge in [0.25, 0.3) is 0 Å². The summed E-state index contributed by atoms with van der Waals surface area (Å²) in [6.45, 7) is 2.61. The topological polar surface area (TPSA) is 30.8 Å². The monoisotopic (exact) mass is 131 g/mol. The summed E-state index contributed by atoms with van der Waals surface area (Å²) in [5, 5.41) is 3.70. The molecule has 0 heterocycles. The highest BCUT2D eigenvalue weighted by molar-refractivity contribution is 5.81. The SMILES string of the molecule is COCC/C(C)=N\OC. The number of hydrogen-bond acceptors (Lipinski definition) is 3. The summed E-state index contributed by atoms with van der Waals surface area (Å²) in [4.78, 5) is 4.53. The average Bonchev–Trinajstić information content (AvgIpc) is 1.85. The molecule has 54 valence electrons. The molecule has 0 atom stereocenters. The highest BCUT2D eigenvalue weighted by Crippen LogP contribution is 1.86. The van der Waals surface area contributed by atoms with Crippen LogP contribution in [0.5, 0.6) is 0 Å². The second-order valence-electron chi connectivity index (χ2n) is 1.75. The molecule has 0 amide bonds. The normalized spacial score (nSPS) is 11.7. The summed E-state index contributed by atoms with van der Waals surface area (Å²) < 4.78 is 4.82. The van der Waals surface area contributed by atoms with Gasteiger partial charge in [-0.2, -0.15) is 0 Å². The molecule has 0 aromatic carbocycles. The van der Waals surface area contributed by atoms with Crippen LogP contribution in [0.3, 0.4) is 0 Å². The van der Waals surface area contributed by atoms with Crippen LogP contribution in [0.1, 0.15) is 13.3 Å². The Morgan fingerprint density at radius 1 is 1.44 bits per heavy atom. The minimum Gasteiger partial charge on any atom is -0.399 e. The highest BCUT2D eigenvalue weighted by atomic mass is 16.6. The zero-order valence-corrected chi connectivity index (χ0v) is 6.18. The van der Waals surface area contributed by atoms with Crippen molar-refractivity contribution in [3.63, 3.8) is 0 Å². The minimum absolute atomic E-state index is 0.707. The summed E-state index contributed by atoms with van der Waals surface area (Å²) in [5.41, 5.74) is 0.958. The van der Waals surface area contributed by atoms with Gasteiger partial charge in [-0.25, -0.2) is 0 Å². The van der Waals surface area contributed by atoms with Crippen LogP contribution < -0.4 is 0 Å². The number of methoxy groups -OCH3 is 1. The van der Waals surface area contributed by atoms with E-state index in [1.165, 1.54) is 7.11 Å². The van der Waals surface area contributed by atoms with Crippen LogP contribution in [0.15, 0.2) is 5.16 Å². The van der Waals surface area contributed by atoms with Gasteiger partial charge in [-0.3, -0.25) is 0 Å². The van der Waals surface area contributed by atoms with Crippen LogP contribution in [0.25, 0.3) is 0 Å². The van der Waals surface area contributed by atoms with E-state index in [-0.39, 0.29) is 0 Å². The zero-order valence-electron chi connectivity index (χ0n) is 6.18. The average molecular weight is 131 g/mol. The molecule has 0 bridgehead atoms. The van der Waals surface area contributed by atoms with Crippen molar-refractivity contribution in [1.82, 2.24) is 0 Å². The van der Waals surface area contributed by atoms with Gasteiger partial charge in [0, 0.05) is 13.5 Å². The van der Waals surface area contributed by atoms with E-state index in [0.717, 1.165) is 12.1 Å². The maximum atomic E-state index is 4.82. The maximum absolute atomic E-state index is 4.82. The Balaban J connectivity index is 3.25. The van der Waals surface area contributed by atoms with Gasteiger partial charge in [0.15, 0.2) is 0 Å². The quantitative estimate of drug-likeness (QED) is 0.421. The van der Waals surface area contributed by atoms with Crippen molar-refractivity contribution < 1.29 is 9.57 Å². The number of nitrogens with zero attached hydrogens (tertiary/aromatic N) is 1. The van der Waals surface area contributed by atoms with E-state index in [1.807, 2.05) is 6.92 Å². The molecule has 0 aliphatic heterocycles. The molecule has 0 unspecified atom stereocenters. The van der Waals surface area contributed by atoms with E-state index in [2.05, 4.69) is 9.99 Å². The summed E-state index contributed by atoms with van der Waals surface area (Å²) in [7, 11) is 3.20. The van der Waals surface area contributed by atoms with Gasteiger partial charge in [0.1, 0.15) is 7.11 Å². The van der Waals surface area contributed by atoms with E-state index < -0.39 is 0 Å². The third-order valence-corrected chi connectivity index (χ3v) is 0.915. The second-order valence-corrected chi connectivity index (χ2v) is 1.75. The summed E-state index contributed by atoms with van der Waals surface area (Å²) >= 11 is 0. The van der Waals surface area contributed by atoms with Crippen molar-refractivity contribution in [1.29, 1.82) is 0 Å². The minimum atomic E-state index is 0.707. The standard InChI is InChI=1S/C6H13NO2/c1-6(7-9-3)4-5-8-2/h4-5H2,1-3H3/b7-6-. The van der Waals surface area contributed by atoms with Crippen molar-refractivity contribution in [2.24, 2.45) is 5.16 Å². The van der Waals surface area contributed by atoms with Crippen molar-refractivity contribution in [3.8, 4) is 0 Å². The summed E-state index contributed by atoms with van der Waals surface area (Å²) in [5.74, 6) is 0. The van der Waals surface area contributed by atoms with E-state index in [1.54, 1.807) is 7.11 Å². The fourth-order valence-corrected chi connectivity index (χ4v) is 0.451. The van der Waals surface area contributed by atoms with Crippen LogP contribution in [0, 0.1) is 0 Å². The Morgan fingerprint density at radius 2 is 2.11 bits per heavy atom. The third kappa shape index (κ3) is 5.30. The van der Waals surface area contributed by atoms with Crippen LogP contribution in [0.2, 0.25) is 0 Å². The van der Waals surface area contributed by atoms with Crippen LogP contribution in [0.4, 0.5) is 0 Å². The van der Waals surface area contributed by atoms with Gasteiger partial charge < -0.3 is 9.57 Å². The van der Waals surface area contributed by atoms with E-state index in [9.17, 15) is 0 Å². The van der Waals surface area contributed by atoms with Crippen molar-refractivity contribution in [3.05, 3.63) is 0 Å². The first-order valence-corrected chi connectivity index (χ1v) is 2.86. The number of hydrogen-bond donors (Lipinski definition) is 0. The first kappa shape index (κ1) is 8.43. The molecule has 0 aromatic heterocycles. The smallest absolute Gasteiger partial charge is 0.106 e. The van der Waals surface area contributed by atoms with Crippen LogP contribution >= 0.6 is 0 Å². The van der Waals surface area contributed by atoms with Gasteiger partial charge in [0.05, 0.1) is 12.3 Å². The Labute approximate surface area is 55.6 Å². The van der Waals surface area contributed by atoms with Gasteiger partial charge in [-0.1, -0.05) is 5.16 Å². The van der Waals surface area contributed by atoms with E-state index in [4.69, 9.17) is 4.74 Å². The lowest BCUT2D eigenvalue weighted by molar-refractivity contribution is 0.197. The third-order valence-electron chi connectivity index (χ3n) is 0.915. The molecule has 0 aromatic rings. The molecule has 0 spiro atoms. The first-order chi connectivity index (χ1) is 4.31. The molecule has 0 saturated carbocycles. The Bertz CT molecular complexity index is 91.1. The Morgan fingerprint density at radius 3 is 2.56 bits per heavy atom. The fourth-order valence-electron chi connectivity index (χ4n) is 0.451. The molecular weight excluding hydrogens is 118 g/mol. The molecule has 0 saturated heterocycles. The predicted octanol–water partition coefficient (Wildman–Crippen LogP) is 1.05. The van der Waals surface area contributed by atoms with Crippen molar-refractivity contribution >= 4 is 5.71 Å². The molecule has 0 rings (SSSR count). The van der Waals surface area contributed by atoms with Crippen molar-refractivity contribution in [2.45, 2.75) is 13.3 Å². The molecule has 0 radical (unpaired) electrons. The van der Waals surface area contributed by atoms with Gasteiger partial charge in [-0.05, 0) is 6.92 Å². The molecule has 9 heavy (non-hydrogen) atoms. The second kappa shape index (κ2) is 5.56. The molecule has 0 N–H and O–H groups in total. The Hall–Kier alpha value is -0.570. The predicted molar refractivity (Wildman–Crippen MR) is 36.6 cm³/mol. The molecule has 3 heteroatoms. The van der Waals surface area contributed by atoms with Gasteiger partial charge >= 0.3 is 0 Å². The van der Waals surface area contributed by atoms with Gasteiger partial charge in [-0.15, -0.1) is 0 Å². The zero-order chi connectivity index (χ0) is 7.11. The van der Waals surface area contributed by atoms with Crippen LogP contribution in [-0.2, 0) is 9.57 Å². The lowest BCUT2D eigenvalue weighted by atomic mass is 10.3. The maximum Gasteiger partial charge on any atom is 0.106 e. The molecule has 3 nitrogen and oxygen atoms in total. The Kier molecular flexibility index (Phi) is 5.21. The molecule has 0 aliphatic carbocycles. The summed E-state index contributed by atoms with van der Waals surface area (Å²) in [6, 6.07) is 0. The molecular formula is C6H13NO2. The van der Waals surface area contributed by atoms with Crippen LogP contribution in [-0.4, -0.2) is 26.5 Å². The highest BCUT2D eigenvalue weighted by Gasteiger charge is 1.88. The summed E-state index contributed by atoms with van der Waals surface area (Å²) in [6.07, 6.45) is 0.838. The number of rotatable bonds is 4. The largest absolute Gasteiger partial charge is 0.399 e. The molecule has 0 fully saturated rings. The number of oxime groups is 1. The van der Waals surface area contributed by atoms with Gasteiger partial charge in [0.2, 0.25) is 0 Å². The number of ether oxygens (including phenoxy) is 1. The fraction of sp³-hybridized carbons (Fsp3) is 0.833. The lowest BCUT2D eigenvalue weighted by Crippen LogP contribution is -1.97. The van der Waals surface area contributed by atoms with E-state index in [0.29, 0.717) is 6.61 Å². The van der Waals surface area contributed by atoms with E-state index >= 15 is 0 Å².